The minimum Gasteiger partial charge on any atom is -0.324 e. The molecule has 5 nitrogen and oxygen atoms in total. The minimum atomic E-state index is -0.298. The van der Waals surface area contributed by atoms with Gasteiger partial charge in [0.2, 0.25) is 5.95 Å². The Morgan fingerprint density at radius 1 is 1.00 bits per heavy atom. The van der Waals surface area contributed by atoms with Crippen molar-refractivity contribution in [3.63, 3.8) is 0 Å². The predicted molar refractivity (Wildman–Crippen MR) is 105 cm³/mol. The number of halogens is 1. The first-order chi connectivity index (χ1) is 12.4. The van der Waals surface area contributed by atoms with Crippen molar-refractivity contribution in [3.05, 3.63) is 76.1 Å². The largest absolute Gasteiger partial charge is 0.324 e. The molecule has 1 aromatic heterocycles. The van der Waals surface area contributed by atoms with Crippen molar-refractivity contribution in [3.8, 4) is 0 Å². The van der Waals surface area contributed by atoms with Crippen molar-refractivity contribution >= 4 is 34.8 Å². The molecule has 132 valence electrons. The van der Waals surface area contributed by atoms with Crippen molar-refractivity contribution in [2.24, 2.45) is 0 Å². The van der Waals surface area contributed by atoms with Gasteiger partial charge >= 0.3 is 0 Å². The molecule has 26 heavy (non-hydrogen) atoms. The molecule has 0 spiro atoms. The van der Waals surface area contributed by atoms with E-state index in [-0.39, 0.29) is 5.91 Å². The van der Waals surface area contributed by atoms with E-state index in [4.69, 9.17) is 11.6 Å². The molecule has 1 heterocycles. The summed E-state index contributed by atoms with van der Waals surface area (Å²) >= 11 is 5.96. The van der Waals surface area contributed by atoms with E-state index in [1.165, 1.54) is 0 Å². The van der Waals surface area contributed by atoms with Gasteiger partial charge in [-0.15, -0.1) is 0 Å². The van der Waals surface area contributed by atoms with Gasteiger partial charge in [0.05, 0.1) is 0 Å². The topological polar surface area (TPSA) is 66.9 Å². The summed E-state index contributed by atoms with van der Waals surface area (Å²) in [4.78, 5) is 21.3. The Kier molecular flexibility index (Phi) is 5.19. The lowest BCUT2D eigenvalue weighted by Crippen LogP contribution is -2.16. The number of rotatable bonds is 4. The van der Waals surface area contributed by atoms with E-state index in [0.29, 0.717) is 28.0 Å². The molecular formula is C20H19ClN4O. The number of hydrogen-bond donors (Lipinski definition) is 2. The lowest BCUT2D eigenvalue weighted by molar-refractivity contribution is 0.102. The van der Waals surface area contributed by atoms with Crippen LogP contribution in [0.1, 0.15) is 27.3 Å². The first-order valence-corrected chi connectivity index (χ1v) is 8.55. The fraction of sp³-hybridized carbons (Fsp3) is 0.150. The molecule has 0 saturated heterocycles. The van der Waals surface area contributed by atoms with Gasteiger partial charge in [-0.1, -0.05) is 23.7 Å². The smallest absolute Gasteiger partial charge is 0.274 e. The predicted octanol–water partition coefficient (Wildman–Crippen LogP) is 5.05. The average Bonchev–Trinajstić information content (AvgIpc) is 2.57. The zero-order valence-electron chi connectivity index (χ0n) is 14.8. The van der Waals surface area contributed by atoms with Crippen LogP contribution in [0, 0.1) is 20.8 Å². The van der Waals surface area contributed by atoms with E-state index < -0.39 is 0 Å². The highest BCUT2D eigenvalue weighted by molar-refractivity contribution is 6.30. The number of aromatic nitrogens is 2. The second-order valence-electron chi connectivity index (χ2n) is 6.13. The number of nitrogens with one attached hydrogen (secondary N) is 2. The third-order valence-electron chi connectivity index (χ3n) is 3.80. The second kappa shape index (κ2) is 7.54. The van der Waals surface area contributed by atoms with E-state index in [0.717, 1.165) is 16.8 Å². The number of nitrogens with zero attached hydrogens (tertiary/aromatic N) is 2. The standard InChI is InChI=1S/C20H19ClN4O/c1-12-5-4-6-16(9-12)23-20-22-14(3)11-18(25-20)19(26)24-17-8-7-15(21)10-13(17)2/h4-11H,1-3H3,(H,24,26)(H,22,23,25). The molecule has 0 radical (unpaired) electrons. The molecule has 1 amide bonds. The van der Waals surface area contributed by atoms with Crippen LogP contribution in [0.3, 0.4) is 0 Å². The molecular weight excluding hydrogens is 348 g/mol. The van der Waals surface area contributed by atoms with Gasteiger partial charge in [-0.3, -0.25) is 4.79 Å². The van der Waals surface area contributed by atoms with Crippen LogP contribution in [0.15, 0.2) is 48.5 Å². The third-order valence-corrected chi connectivity index (χ3v) is 4.03. The number of carbonyl (C=O) groups is 1. The first kappa shape index (κ1) is 17.9. The van der Waals surface area contributed by atoms with Gasteiger partial charge in [-0.25, -0.2) is 9.97 Å². The number of amides is 1. The number of benzene rings is 2. The number of carbonyl (C=O) groups excluding carboxylic acids is 1. The van der Waals surface area contributed by atoms with Crippen molar-refractivity contribution in [1.29, 1.82) is 0 Å². The highest BCUT2D eigenvalue weighted by atomic mass is 35.5. The molecule has 2 N–H and O–H groups in total. The summed E-state index contributed by atoms with van der Waals surface area (Å²) in [5, 5.41) is 6.64. The summed E-state index contributed by atoms with van der Waals surface area (Å²) in [6, 6.07) is 14.8. The van der Waals surface area contributed by atoms with Crippen LogP contribution in [0.4, 0.5) is 17.3 Å². The molecule has 0 aliphatic heterocycles. The van der Waals surface area contributed by atoms with Gasteiger partial charge in [-0.2, -0.15) is 0 Å². The highest BCUT2D eigenvalue weighted by Gasteiger charge is 2.12. The maximum Gasteiger partial charge on any atom is 0.274 e. The molecule has 2 aromatic carbocycles. The Morgan fingerprint density at radius 2 is 1.81 bits per heavy atom. The summed E-state index contributed by atoms with van der Waals surface area (Å²) in [5.41, 5.74) is 4.57. The molecule has 0 fully saturated rings. The average molecular weight is 367 g/mol. The summed E-state index contributed by atoms with van der Waals surface area (Å²) in [6.45, 7) is 5.72. The Labute approximate surface area is 157 Å². The normalized spacial score (nSPS) is 10.5. The maximum absolute atomic E-state index is 12.6. The zero-order valence-corrected chi connectivity index (χ0v) is 15.6. The van der Waals surface area contributed by atoms with E-state index in [2.05, 4.69) is 20.6 Å². The van der Waals surface area contributed by atoms with Crippen LogP contribution < -0.4 is 10.6 Å². The van der Waals surface area contributed by atoms with Crippen LogP contribution in [0.2, 0.25) is 5.02 Å². The van der Waals surface area contributed by atoms with Crippen molar-refractivity contribution in [1.82, 2.24) is 9.97 Å². The van der Waals surface area contributed by atoms with Gasteiger partial charge in [0, 0.05) is 22.1 Å². The van der Waals surface area contributed by atoms with Gasteiger partial charge in [0.1, 0.15) is 5.69 Å². The van der Waals surface area contributed by atoms with Gasteiger partial charge in [0.15, 0.2) is 0 Å². The molecule has 6 heteroatoms. The quantitative estimate of drug-likeness (QED) is 0.678. The second-order valence-corrected chi connectivity index (χ2v) is 6.56. The summed E-state index contributed by atoms with van der Waals surface area (Å²) in [5.74, 6) is 0.0850. The Balaban J connectivity index is 1.83. The minimum absolute atomic E-state index is 0.294. The van der Waals surface area contributed by atoms with Crippen LogP contribution in [0.25, 0.3) is 0 Å². The fourth-order valence-corrected chi connectivity index (χ4v) is 2.77. The van der Waals surface area contributed by atoms with Crippen LogP contribution >= 0.6 is 11.6 Å². The molecule has 0 saturated carbocycles. The summed E-state index contributed by atoms with van der Waals surface area (Å²) < 4.78 is 0. The number of hydrogen-bond acceptors (Lipinski definition) is 4. The molecule has 0 unspecified atom stereocenters. The Bertz CT molecular complexity index is 972. The van der Waals surface area contributed by atoms with E-state index in [1.54, 1.807) is 24.3 Å². The zero-order chi connectivity index (χ0) is 18.7. The fourth-order valence-electron chi connectivity index (χ4n) is 2.55. The van der Waals surface area contributed by atoms with E-state index in [1.807, 2.05) is 45.0 Å². The Morgan fingerprint density at radius 3 is 2.54 bits per heavy atom. The van der Waals surface area contributed by atoms with Crippen molar-refractivity contribution in [2.75, 3.05) is 10.6 Å². The maximum atomic E-state index is 12.6. The molecule has 3 aromatic rings. The van der Waals surface area contributed by atoms with Gasteiger partial charge < -0.3 is 10.6 Å². The first-order valence-electron chi connectivity index (χ1n) is 8.17. The van der Waals surface area contributed by atoms with Crippen molar-refractivity contribution in [2.45, 2.75) is 20.8 Å². The molecule has 0 aliphatic rings. The van der Waals surface area contributed by atoms with Crippen LogP contribution in [-0.4, -0.2) is 15.9 Å². The van der Waals surface area contributed by atoms with E-state index >= 15 is 0 Å². The lowest BCUT2D eigenvalue weighted by Gasteiger charge is -2.11. The SMILES string of the molecule is Cc1cccc(Nc2nc(C)cc(C(=O)Nc3ccc(Cl)cc3C)n2)c1. The Hall–Kier alpha value is -2.92. The van der Waals surface area contributed by atoms with Gasteiger partial charge in [-0.05, 0) is 68.3 Å². The molecule has 0 bridgehead atoms. The number of anilines is 3. The summed E-state index contributed by atoms with van der Waals surface area (Å²) in [6.07, 6.45) is 0. The van der Waals surface area contributed by atoms with Crippen LogP contribution in [-0.2, 0) is 0 Å². The molecule has 0 atom stereocenters. The molecule has 3 rings (SSSR count). The van der Waals surface area contributed by atoms with Gasteiger partial charge in [0.25, 0.3) is 5.91 Å². The van der Waals surface area contributed by atoms with Crippen molar-refractivity contribution < 1.29 is 4.79 Å². The summed E-state index contributed by atoms with van der Waals surface area (Å²) in [7, 11) is 0. The monoisotopic (exact) mass is 366 g/mol. The highest BCUT2D eigenvalue weighted by Crippen LogP contribution is 2.21. The third kappa shape index (κ3) is 4.37. The van der Waals surface area contributed by atoms with E-state index in [9.17, 15) is 4.79 Å². The lowest BCUT2D eigenvalue weighted by atomic mass is 10.2. The van der Waals surface area contributed by atoms with Crippen LogP contribution in [0.5, 0.6) is 0 Å². The number of aryl methyl sites for hydroxylation is 3. The molecule has 0 aliphatic carbocycles.